The largest absolute Gasteiger partial charge is 0.381 e. The minimum atomic E-state index is 0. The molecule has 164 valence electrons. The van der Waals surface area contributed by atoms with Gasteiger partial charge in [0.1, 0.15) is 0 Å². The smallest absolute Gasteiger partial charge is 0.194 e. The number of halogens is 1. The molecule has 0 spiro atoms. The van der Waals surface area contributed by atoms with Crippen molar-refractivity contribution >= 4 is 29.9 Å². The molecule has 0 aromatic heterocycles. The lowest BCUT2D eigenvalue weighted by molar-refractivity contribution is 0.0892. The standard InChI is InChI=1S/C22H36N4O2.HI/c1-2-23-22(24-10-6-15-27-18-21-9-16-28-19-21)26-13-11-25(12-14-26)17-20-7-4-3-5-8-20;/h3-5,7-8,21H,2,6,9-19H2,1H3,(H,23,24);1H. The summed E-state index contributed by atoms with van der Waals surface area (Å²) in [5, 5.41) is 3.45. The summed E-state index contributed by atoms with van der Waals surface area (Å²) in [6.45, 7) is 12.4. The van der Waals surface area contributed by atoms with Crippen molar-refractivity contribution in [3.8, 4) is 0 Å². The Kier molecular flexibility index (Phi) is 11.9. The van der Waals surface area contributed by atoms with Gasteiger partial charge in [-0.3, -0.25) is 9.89 Å². The summed E-state index contributed by atoms with van der Waals surface area (Å²) in [6, 6.07) is 10.7. The molecule has 1 aromatic rings. The topological polar surface area (TPSA) is 49.3 Å². The Morgan fingerprint density at radius 3 is 2.69 bits per heavy atom. The van der Waals surface area contributed by atoms with Gasteiger partial charge in [-0.05, 0) is 25.3 Å². The van der Waals surface area contributed by atoms with Crippen LogP contribution in [-0.4, -0.2) is 81.5 Å². The summed E-state index contributed by atoms with van der Waals surface area (Å²) in [5.74, 6) is 1.64. The van der Waals surface area contributed by atoms with E-state index in [0.29, 0.717) is 5.92 Å². The zero-order chi connectivity index (χ0) is 19.4. The van der Waals surface area contributed by atoms with E-state index in [1.165, 1.54) is 5.56 Å². The Hall–Kier alpha value is -0.900. The first-order valence-electron chi connectivity index (χ1n) is 10.8. The third-order valence-corrected chi connectivity index (χ3v) is 5.34. The lowest BCUT2D eigenvalue weighted by Crippen LogP contribution is -2.52. The molecule has 2 fully saturated rings. The molecule has 2 aliphatic heterocycles. The molecule has 2 aliphatic rings. The van der Waals surface area contributed by atoms with E-state index in [1.54, 1.807) is 0 Å². The molecule has 0 amide bonds. The highest BCUT2D eigenvalue weighted by atomic mass is 127. The molecule has 0 radical (unpaired) electrons. The molecule has 6 nitrogen and oxygen atoms in total. The summed E-state index contributed by atoms with van der Waals surface area (Å²) in [5.41, 5.74) is 1.39. The van der Waals surface area contributed by atoms with E-state index >= 15 is 0 Å². The Bertz CT molecular complexity index is 573. The van der Waals surface area contributed by atoms with E-state index in [-0.39, 0.29) is 24.0 Å². The third-order valence-electron chi connectivity index (χ3n) is 5.34. The van der Waals surface area contributed by atoms with E-state index in [0.717, 1.165) is 91.0 Å². The third kappa shape index (κ3) is 8.78. The number of ether oxygens (including phenoxy) is 2. The maximum Gasteiger partial charge on any atom is 0.194 e. The Morgan fingerprint density at radius 1 is 1.21 bits per heavy atom. The van der Waals surface area contributed by atoms with Gasteiger partial charge < -0.3 is 19.7 Å². The minimum Gasteiger partial charge on any atom is -0.381 e. The lowest BCUT2D eigenvalue weighted by Gasteiger charge is -2.36. The Labute approximate surface area is 193 Å². The van der Waals surface area contributed by atoms with Crippen molar-refractivity contribution in [2.75, 3.05) is 65.7 Å². The molecule has 0 saturated carbocycles. The second-order valence-corrected chi connectivity index (χ2v) is 7.64. The van der Waals surface area contributed by atoms with Crippen LogP contribution in [0.4, 0.5) is 0 Å². The van der Waals surface area contributed by atoms with E-state index < -0.39 is 0 Å². The van der Waals surface area contributed by atoms with Crippen LogP contribution in [0.3, 0.4) is 0 Å². The van der Waals surface area contributed by atoms with E-state index in [4.69, 9.17) is 14.5 Å². The number of hydrogen-bond donors (Lipinski definition) is 1. The highest BCUT2D eigenvalue weighted by molar-refractivity contribution is 14.0. The van der Waals surface area contributed by atoms with Gasteiger partial charge in [0, 0.05) is 64.9 Å². The predicted molar refractivity (Wildman–Crippen MR) is 129 cm³/mol. The van der Waals surface area contributed by atoms with Crippen molar-refractivity contribution in [2.45, 2.75) is 26.3 Å². The van der Waals surface area contributed by atoms with E-state index in [1.807, 2.05) is 0 Å². The normalized spacial score (nSPS) is 20.5. The molecule has 1 atom stereocenters. The fraction of sp³-hybridized carbons (Fsp3) is 0.682. The number of nitrogens with zero attached hydrogens (tertiary/aromatic N) is 3. The van der Waals surface area contributed by atoms with Crippen molar-refractivity contribution < 1.29 is 9.47 Å². The molecule has 0 aliphatic carbocycles. The number of hydrogen-bond acceptors (Lipinski definition) is 4. The molecular weight excluding hydrogens is 479 g/mol. The summed E-state index contributed by atoms with van der Waals surface area (Å²) in [7, 11) is 0. The second kappa shape index (κ2) is 14.2. The first-order chi connectivity index (χ1) is 13.8. The van der Waals surface area contributed by atoms with Crippen LogP contribution in [0.15, 0.2) is 35.3 Å². The molecule has 29 heavy (non-hydrogen) atoms. The van der Waals surface area contributed by atoms with Crippen LogP contribution in [-0.2, 0) is 16.0 Å². The van der Waals surface area contributed by atoms with Gasteiger partial charge in [0.2, 0.25) is 0 Å². The molecular formula is C22H37IN4O2. The maximum atomic E-state index is 5.79. The van der Waals surface area contributed by atoms with Crippen molar-refractivity contribution in [3.63, 3.8) is 0 Å². The number of guanidine groups is 1. The molecule has 1 aromatic carbocycles. The SMILES string of the molecule is CCNC(=NCCCOCC1CCOC1)N1CCN(Cc2ccccc2)CC1.I. The summed E-state index contributed by atoms with van der Waals surface area (Å²) < 4.78 is 11.2. The van der Waals surface area contributed by atoms with Crippen molar-refractivity contribution in [1.82, 2.24) is 15.1 Å². The van der Waals surface area contributed by atoms with Gasteiger partial charge in [0.25, 0.3) is 0 Å². The zero-order valence-corrected chi connectivity index (χ0v) is 20.1. The fourth-order valence-electron chi connectivity index (χ4n) is 3.70. The molecule has 2 heterocycles. The Balaban J connectivity index is 0.00000300. The molecule has 0 bridgehead atoms. The van der Waals surface area contributed by atoms with Crippen LogP contribution in [0.2, 0.25) is 0 Å². The number of rotatable bonds is 9. The molecule has 3 rings (SSSR count). The second-order valence-electron chi connectivity index (χ2n) is 7.64. The minimum absolute atomic E-state index is 0. The zero-order valence-electron chi connectivity index (χ0n) is 17.7. The lowest BCUT2D eigenvalue weighted by atomic mass is 10.1. The average Bonchev–Trinajstić information content (AvgIpc) is 3.25. The van der Waals surface area contributed by atoms with Gasteiger partial charge in [0.05, 0.1) is 13.2 Å². The number of benzene rings is 1. The molecule has 1 N–H and O–H groups in total. The van der Waals surface area contributed by atoms with Gasteiger partial charge in [-0.1, -0.05) is 30.3 Å². The van der Waals surface area contributed by atoms with Crippen molar-refractivity contribution in [1.29, 1.82) is 0 Å². The van der Waals surface area contributed by atoms with Crippen LogP contribution in [0.5, 0.6) is 0 Å². The highest BCUT2D eigenvalue weighted by Crippen LogP contribution is 2.12. The van der Waals surface area contributed by atoms with Gasteiger partial charge >= 0.3 is 0 Å². The molecule has 2 saturated heterocycles. The highest BCUT2D eigenvalue weighted by Gasteiger charge is 2.19. The van der Waals surface area contributed by atoms with Crippen LogP contribution < -0.4 is 5.32 Å². The average molecular weight is 516 g/mol. The monoisotopic (exact) mass is 516 g/mol. The summed E-state index contributed by atoms with van der Waals surface area (Å²) >= 11 is 0. The number of aliphatic imine (C=N–C) groups is 1. The maximum absolute atomic E-state index is 5.79. The van der Waals surface area contributed by atoms with Gasteiger partial charge in [0.15, 0.2) is 5.96 Å². The van der Waals surface area contributed by atoms with Crippen molar-refractivity contribution in [3.05, 3.63) is 35.9 Å². The number of piperazine rings is 1. The van der Waals surface area contributed by atoms with Crippen LogP contribution in [0, 0.1) is 5.92 Å². The van der Waals surface area contributed by atoms with E-state index in [2.05, 4.69) is 52.4 Å². The van der Waals surface area contributed by atoms with Crippen molar-refractivity contribution in [2.24, 2.45) is 10.9 Å². The predicted octanol–water partition coefficient (Wildman–Crippen LogP) is 2.83. The summed E-state index contributed by atoms with van der Waals surface area (Å²) in [6.07, 6.45) is 2.11. The van der Waals surface area contributed by atoms with E-state index in [9.17, 15) is 0 Å². The van der Waals surface area contributed by atoms with Gasteiger partial charge in [-0.25, -0.2) is 0 Å². The first-order valence-corrected chi connectivity index (χ1v) is 10.8. The van der Waals surface area contributed by atoms with Gasteiger partial charge in [-0.15, -0.1) is 24.0 Å². The van der Waals surface area contributed by atoms with Crippen LogP contribution >= 0.6 is 24.0 Å². The molecule has 1 unspecified atom stereocenters. The van der Waals surface area contributed by atoms with Crippen LogP contribution in [0.1, 0.15) is 25.3 Å². The summed E-state index contributed by atoms with van der Waals surface area (Å²) in [4.78, 5) is 9.74. The number of nitrogens with one attached hydrogen (secondary N) is 1. The van der Waals surface area contributed by atoms with Crippen LogP contribution in [0.25, 0.3) is 0 Å². The quantitative estimate of drug-likeness (QED) is 0.237. The molecule has 7 heteroatoms. The fourth-order valence-corrected chi connectivity index (χ4v) is 3.70. The Morgan fingerprint density at radius 2 is 2.00 bits per heavy atom. The van der Waals surface area contributed by atoms with Gasteiger partial charge in [-0.2, -0.15) is 0 Å². The first kappa shape index (κ1) is 24.4.